The van der Waals surface area contributed by atoms with Crippen LogP contribution in [0.1, 0.15) is 98.7 Å². The highest BCUT2D eigenvalue weighted by molar-refractivity contribution is 8.76. The number of amides is 3. The number of benzene rings is 5. The Labute approximate surface area is 451 Å². The molecule has 4 aliphatic rings. The number of fused-ring (bicyclic) bond motifs is 8. The maximum absolute atomic E-state index is 14.4. The maximum Gasteiger partial charge on any atom is 0.272 e. The summed E-state index contributed by atoms with van der Waals surface area (Å²) in [5.41, 5.74) is 7.33. The summed E-state index contributed by atoms with van der Waals surface area (Å²) < 4.78 is 86.0. The lowest BCUT2D eigenvalue weighted by Gasteiger charge is -2.28. The molecule has 2 N–H and O–H groups in total. The zero-order valence-electron chi connectivity index (χ0n) is 42.7. The number of hydrogen-bond acceptors (Lipinski definition) is 14. The summed E-state index contributed by atoms with van der Waals surface area (Å²) in [7, 11) is -2.58. The highest BCUT2D eigenvalue weighted by Gasteiger charge is 2.48. The van der Waals surface area contributed by atoms with Crippen molar-refractivity contribution < 1.29 is 59.0 Å². The smallest absolute Gasteiger partial charge is 0.272 e. The number of aryl methyl sites for hydroxylation is 1. The van der Waals surface area contributed by atoms with Gasteiger partial charge in [0.1, 0.15) is 30.0 Å². The second kappa shape index (κ2) is 23.4. The van der Waals surface area contributed by atoms with Crippen molar-refractivity contribution in [1.82, 2.24) is 0 Å². The Hall–Kier alpha value is -5.90. The molecule has 76 heavy (non-hydrogen) atoms. The molecular formula is C56H61N3O13S4. The molecule has 2 unspecified atom stereocenters. The molecule has 0 fully saturated rings. The summed E-state index contributed by atoms with van der Waals surface area (Å²) in [6, 6.07) is 25.9. The van der Waals surface area contributed by atoms with Gasteiger partial charge in [-0.2, -0.15) is 16.8 Å². The van der Waals surface area contributed by atoms with Crippen molar-refractivity contribution in [3.05, 3.63) is 141 Å². The van der Waals surface area contributed by atoms with Gasteiger partial charge in [0, 0.05) is 70.9 Å². The number of nitrogens with zero attached hydrogens (tertiary/aromatic N) is 2. The molecule has 0 saturated heterocycles. The standard InChI is InChI=1S/C56H61N3O13S4/c1-5-43(60)14-10-18-73-74-19-11-17-54(61)57-42-22-35(31-71-50-27-40-29-53(76(67,68)70-4)49-26-38-13-7-9-16-47(38)59(49)55(62)44(40)20-34(50)2)21-36(23-42)32-72-52-28-39-24-41(33-75(64,65)66)48-25-37-12-6-8-15-46(37)58(48)56(63)45(39)30-51(52)69-3/h6-9,12-13,15-16,20-23,27-28,30,41,48-49,53H,5,10-11,14,17-19,24-26,29,31-33H2,1-4H3,(H,57,61)(H,64,65,66)/t41?,48-,49-,53?/m0/s1. The van der Waals surface area contributed by atoms with Gasteiger partial charge in [0.05, 0.1) is 26.0 Å². The number of methoxy groups -OCH3 is 1. The van der Waals surface area contributed by atoms with Crippen LogP contribution in [0.3, 0.4) is 0 Å². The molecule has 0 radical (unpaired) electrons. The van der Waals surface area contributed by atoms with Crippen LogP contribution in [-0.2, 0) is 72.9 Å². The molecule has 0 aromatic heterocycles. The van der Waals surface area contributed by atoms with Crippen LogP contribution in [0, 0.1) is 12.8 Å². The van der Waals surface area contributed by atoms with Crippen LogP contribution >= 0.6 is 21.6 Å². The van der Waals surface area contributed by atoms with Crippen LogP contribution in [0.4, 0.5) is 17.1 Å². The van der Waals surface area contributed by atoms with E-state index in [2.05, 4.69) is 5.32 Å². The van der Waals surface area contributed by atoms with Gasteiger partial charge in [0.25, 0.3) is 32.1 Å². The van der Waals surface area contributed by atoms with Gasteiger partial charge in [-0.1, -0.05) is 64.9 Å². The first-order valence-corrected chi connectivity index (χ1v) is 30.9. The highest BCUT2D eigenvalue weighted by Crippen LogP contribution is 2.44. The summed E-state index contributed by atoms with van der Waals surface area (Å²) in [6.07, 6.45) is 3.78. The number of para-hydroxylation sites is 2. The van der Waals surface area contributed by atoms with Crippen molar-refractivity contribution in [2.75, 3.05) is 46.6 Å². The number of carbonyl (C=O) groups is 4. The first kappa shape index (κ1) is 54.9. The molecule has 20 heteroatoms. The molecule has 4 atom stereocenters. The molecule has 4 heterocycles. The Morgan fingerprint density at radius 1 is 0.684 bits per heavy atom. The second-order valence-electron chi connectivity index (χ2n) is 19.6. The maximum atomic E-state index is 14.4. The minimum Gasteiger partial charge on any atom is -0.493 e. The molecule has 0 bridgehead atoms. The summed E-state index contributed by atoms with van der Waals surface area (Å²) in [6.45, 7) is 3.65. The lowest BCUT2D eigenvalue weighted by molar-refractivity contribution is -0.119. The van der Waals surface area contributed by atoms with E-state index in [1.165, 1.54) is 7.11 Å². The van der Waals surface area contributed by atoms with Crippen molar-refractivity contribution in [2.24, 2.45) is 5.92 Å². The van der Waals surface area contributed by atoms with E-state index in [4.69, 9.17) is 18.4 Å². The van der Waals surface area contributed by atoms with Crippen molar-refractivity contribution in [3.8, 4) is 17.2 Å². The van der Waals surface area contributed by atoms with Crippen molar-refractivity contribution in [2.45, 2.75) is 102 Å². The number of ketones is 1. The fraction of sp³-hybridized carbons (Fsp3) is 0.393. The van der Waals surface area contributed by atoms with Gasteiger partial charge >= 0.3 is 0 Å². The minimum atomic E-state index is -4.43. The van der Waals surface area contributed by atoms with E-state index in [-0.39, 0.29) is 67.5 Å². The Bertz CT molecular complexity index is 3300. The van der Waals surface area contributed by atoms with Gasteiger partial charge in [-0.05, 0) is 139 Å². The highest BCUT2D eigenvalue weighted by atomic mass is 33.1. The molecule has 9 rings (SSSR count). The van der Waals surface area contributed by atoms with E-state index in [1.54, 1.807) is 67.8 Å². The number of Topliss-reactive ketones (excluding diaryl/α,β-unsaturated/α-hetero) is 1. The van der Waals surface area contributed by atoms with E-state index in [0.29, 0.717) is 93.9 Å². The largest absolute Gasteiger partial charge is 0.493 e. The number of ether oxygens (including phenoxy) is 3. The summed E-state index contributed by atoms with van der Waals surface area (Å²) in [5.74, 6) is 0.837. The molecule has 16 nitrogen and oxygen atoms in total. The Morgan fingerprint density at radius 3 is 1.87 bits per heavy atom. The summed E-state index contributed by atoms with van der Waals surface area (Å²) in [4.78, 5) is 57.2. The molecule has 3 amide bonds. The van der Waals surface area contributed by atoms with Crippen molar-refractivity contribution in [3.63, 3.8) is 0 Å². The van der Waals surface area contributed by atoms with E-state index in [9.17, 15) is 40.6 Å². The van der Waals surface area contributed by atoms with E-state index >= 15 is 0 Å². The van der Waals surface area contributed by atoms with E-state index < -0.39 is 49.2 Å². The first-order valence-electron chi connectivity index (χ1n) is 25.3. The molecule has 0 spiro atoms. The number of carbonyl (C=O) groups excluding carboxylic acids is 4. The molecule has 0 saturated carbocycles. The lowest BCUT2D eigenvalue weighted by atomic mass is 9.91. The molecule has 5 aromatic rings. The SMILES string of the molecule is CCC(=O)CCCSSCCCC(=O)Nc1cc(COc2cc3c(cc2C)C(=O)N2c4ccccc4C[C@H]2C(S(=O)(=O)OC)C3)cc(COc2cc3c(cc2OC)C(=O)N2c4ccccc4C[C@H]2C(CS(=O)(=O)O)C3)c1. The topological polar surface area (TPSA) is 212 Å². The predicted molar refractivity (Wildman–Crippen MR) is 295 cm³/mol. The van der Waals surface area contributed by atoms with Gasteiger partial charge in [0.2, 0.25) is 5.91 Å². The zero-order chi connectivity index (χ0) is 53.9. The average Bonchev–Trinajstić information content (AvgIpc) is 4.03. The van der Waals surface area contributed by atoms with Crippen LogP contribution in [0.25, 0.3) is 0 Å². The molecule has 0 aliphatic carbocycles. The fourth-order valence-corrected chi connectivity index (χ4v) is 15.2. The van der Waals surface area contributed by atoms with Crippen LogP contribution in [0.5, 0.6) is 17.2 Å². The van der Waals surface area contributed by atoms with Gasteiger partial charge in [-0.3, -0.25) is 27.9 Å². The third-order valence-corrected chi connectivity index (χ3v) is 19.6. The summed E-state index contributed by atoms with van der Waals surface area (Å²) >= 11 is 0. The monoisotopic (exact) mass is 1110 g/mol. The van der Waals surface area contributed by atoms with Gasteiger partial charge in [-0.15, -0.1) is 0 Å². The third kappa shape index (κ3) is 12.1. The number of hydrogen-bond donors (Lipinski definition) is 2. The Balaban J connectivity index is 0.971. The van der Waals surface area contributed by atoms with Gasteiger partial charge in [-0.25, -0.2) is 0 Å². The fourth-order valence-electron chi connectivity index (χ4n) is 10.9. The average molecular weight is 1110 g/mol. The van der Waals surface area contributed by atoms with E-state index in [1.807, 2.05) is 68.4 Å². The van der Waals surface area contributed by atoms with E-state index in [0.717, 1.165) is 36.2 Å². The first-order chi connectivity index (χ1) is 36.4. The van der Waals surface area contributed by atoms with Gasteiger partial charge in [0.15, 0.2) is 11.5 Å². The van der Waals surface area contributed by atoms with Gasteiger partial charge < -0.3 is 29.3 Å². The number of anilines is 3. The second-order valence-corrected chi connectivity index (χ2v) is 25.7. The quantitative estimate of drug-likeness (QED) is 0.0286. The Morgan fingerprint density at radius 2 is 1.25 bits per heavy atom. The van der Waals surface area contributed by atoms with Crippen LogP contribution in [0.15, 0.2) is 91.0 Å². The van der Waals surface area contributed by atoms with Crippen LogP contribution in [-0.4, -0.2) is 93.7 Å². The number of rotatable bonds is 22. The zero-order valence-corrected chi connectivity index (χ0v) is 46.0. The van der Waals surface area contributed by atoms with Crippen molar-refractivity contribution in [1.29, 1.82) is 0 Å². The lowest BCUT2D eigenvalue weighted by Crippen LogP contribution is -2.47. The number of nitrogens with one attached hydrogen (secondary N) is 1. The van der Waals surface area contributed by atoms with Crippen LogP contribution in [0.2, 0.25) is 0 Å². The normalized spacial score (nSPS) is 18.6. The molecular weight excluding hydrogens is 1050 g/mol. The minimum absolute atomic E-state index is 0.00412. The van der Waals surface area contributed by atoms with Crippen LogP contribution < -0.4 is 29.3 Å². The third-order valence-electron chi connectivity index (χ3n) is 14.5. The molecule has 4 aliphatic heterocycles. The molecule has 5 aromatic carbocycles. The predicted octanol–water partition coefficient (Wildman–Crippen LogP) is 9.13. The summed E-state index contributed by atoms with van der Waals surface area (Å²) in [5, 5.41) is 1.98. The molecule has 402 valence electrons. The van der Waals surface area contributed by atoms with Crippen molar-refractivity contribution >= 4 is 82.4 Å². The Kier molecular flexibility index (Phi) is 16.9.